The zero-order valence-electron chi connectivity index (χ0n) is 7.84. The van der Waals surface area contributed by atoms with E-state index in [1.807, 2.05) is 31.2 Å². The van der Waals surface area contributed by atoms with E-state index < -0.39 is 6.23 Å². The highest BCUT2D eigenvalue weighted by Crippen LogP contribution is 2.21. The molecule has 1 heterocycles. The van der Waals surface area contributed by atoms with E-state index in [0.717, 1.165) is 11.3 Å². The Labute approximate surface area is 82.3 Å². The molecule has 0 spiro atoms. The molecule has 72 valence electrons. The van der Waals surface area contributed by atoms with Gasteiger partial charge in [-0.05, 0) is 25.1 Å². The Morgan fingerprint density at radius 3 is 2.43 bits per heavy atom. The molecule has 0 aromatic heterocycles. The van der Waals surface area contributed by atoms with Gasteiger partial charge in [0.05, 0.1) is 0 Å². The minimum absolute atomic E-state index is 0.179. The number of nitrogens with zero attached hydrogens (tertiary/aromatic N) is 1. The molecule has 1 aliphatic heterocycles. The molecule has 1 aromatic rings. The molecular formula is C11H11NO2. The first-order chi connectivity index (χ1) is 6.68. The van der Waals surface area contributed by atoms with Gasteiger partial charge in [-0.1, -0.05) is 17.7 Å². The largest absolute Gasteiger partial charge is 0.369 e. The number of carbonyl (C=O) groups is 1. The molecule has 3 nitrogen and oxygen atoms in total. The Kier molecular flexibility index (Phi) is 2.09. The predicted octanol–water partition coefficient (Wildman–Crippen LogP) is 1.22. The fourth-order valence-corrected chi connectivity index (χ4v) is 1.45. The molecule has 3 heteroatoms. The maximum Gasteiger partial charge on any atom is 0.253 e. The lowest BCUT2D eigenvalue weighted by Gasteiger charge is -2.20. The number of carbonyl (C=O) groups excluding carboxylic acids is 1. The summed E-state index contributed by atoms with van der Waals surface area (Å²) in [6.07, 6.45) is 2.03. The van der Waals surface area contributed by atoms with Crippen LogP contribution in [-0.2, 0) is 4.79 Å². The summed E-state index contributed by atoms with van der Waals surface area (Å²) >= 11 is 0. The van der Waals surface area contributed by atoms with E-state index in [1.165, 1.54) is 17.1 Å². The minimum atomic E-state index is -0.829. The molecule has 0 fully saturated rings. The van der Waals surface area contributed by atoms with E-state index in [0.29, 0.717) is 0 Å². The molecule has 1 aromatic carbocycles. The third kappa shape index (κ3) is 1.42. The van der Waals surface area contributed by atoms with Crippen LogP contribution in [0.25, 0.3) is 0 Å². The molecule has 0 saturated heterocycles. The molecule has 0 radical (unpaired) electrons. The van der Waals surface area contributed by atoms with Crippen molar-refractivity contribution in [2.24, 2.45) is 0 Å². The second kappa shape index (κ2) is 3.27. The summed E-state index contributed by atoms with van der Waals surface area (Å²) in [6.45, 7) is 1.98. The van der Waals surface area contributed by atoms with E-state index in [2.05, 4.69) is 0 Å². The van der Waals surface area contributed by atoms with E-state index >= 15 is 0 Å². The molecule has 2 rings (SSSR count). The van der Waals surface area contributed by atoms with Crippen molar-refractivity contribution in [2.75, 3.05) is 4.90 Å². The topological polar surface area (TPSA) is 40.5 Å². The van der Waals surface area contributed by atoms with Gasteiger partial charge in [0.2, 0.25) is 0 Å². The molecule has 0 bridgehead atoms. The zero-order valence-corrected chi connectivity index (χ0v) is 7.84. The summed E-state index contributed by atoms with van der Waals surface area (Å²) in [7, 11) is 0. The van der Waals surface area contributed by atoms with Gasteiger partial charge < -0.3 is 5.11 Å². The van der Waals surface area contributed by atoms with E-state index in [4.69, 9.17) is 0 Å². The molecule has 1 N–H and O–H groups in total. The Morgan fingerprint density at radius 1 is 1.29 bits per heavy atom. The molecule has 1 aliphatic rings. The summed E-state index contributed by atoms with van der Waals surface area (Å²) in [4.78, 5) is 12.7. The maximum absolute atomic E-state index is 11.3. The Bertz CT molecular complexity index is 381. The summed E-state index contributed by atoms with van der Waals surface area (Å²) < 4.78 is 0. The highest BCUT2D eigenvalue weighted by molar-refractivity contribution is 6.04. The molecule has 0 aliphatic carbocycles. The number of benzene rings is 1. The fourth-order valence-electron chi connectivity index (χ4n) is 1.45. The van der Waals surface area contributed by atoms with Crippen molar-refractivity contribution < 1.29 is 9.90 Å². The second-order valence-corrected chi connectivity index (χ2v) is 3.32. The molecule has 1 atom stereocenters. The van der Waals surface area contributed by atoms with Crippen LogP contribution >= 0.6 is 0 Å². The minimum Gasteiger partial charge on any atom is -0.369 e. The van der Waals surface area contributed by atoms with E-state index in [1.54, 1.807) is 0 Å². The quantitative estimate of drug-likeness (QED) is 0.721. The normalized spacial score (nSPS) is 20.6. The molecule has 1 unspecified atom stereocenters. The van der Waals surface area contributed by atoms with Crippen molar-refractivity contribution in [1.29, 1.82) is 0 Å². The second-order valence-electron chi connectivity index (χ2n) is 3.32. The van der Waals surface area contributed by atoms with Gasteiger partial charge in [0, 0.05) is 11.8 Å². The van der Waals surface area contributed by atoms with Crippen LogP contribution in [0, 0.1) is 6.92 Å². The number of aryl methyl sites for hydroxylation is 1. The van der Waals surface area contributed by atoms with Crippen molar-refractivity contribution >= 4 is 11.6 Å². The van der Waals surface area contributed by atoms with Crippen LogP contribution in [0.2, 0.25) is 0 Å². The standard InChI is InChI=1S/C11H11NO2/c1-8-2-4-9(5-3-8)12-10(13)6-7-11(12)14/h2-7,10,13H,1H3. The Morgan fingerprint density at radius 2 is 1.93 bits per heavy atom. The van der Waals surface area contributed by atoms with Crippen molar-refractivity contribution in [2.45, 2.75) is 13.2 Å². The lowest BCUT2D eigenvalue weighted by atomic mass is 10.2. The summed E-state index contributed by atoms with van der Waals surface area (Å²) in [5.41, 5.74) is 1.85. The number of aliphatic hydroxyl groups excluding tert-OH is 1. The number of amides is 1. The number of hydrogen-bond acceptors (Lipinski definition) is 2. The number of aliphatic hydroxyl groups is 1. The molecule has 1 amide bonds. The molecule has 0 saturated carbocycles. The SMILES string of the molecule is Cc1ccc(N2C(=O)C=CC2O)cc1. The highest BCUT2D eigenvalue weighted by Gasteiger charge is 2.24. The lowest BCUT2D eigenvalue weighted by Crippen LogP contribution is -2.33. The number of rotatable bonds is 1. The van der Waals surface area contributed by atoms with Gasteiger partial charge in [-0.25, -0.2) is 0 Å². The van der Waals surface area contributed by atoms with E-state index in [-0.39, 0.29) is 5.91 Å². The van der Waals surface area contributed by atoms with Crippen molar-refractivity contribution in [1.82, 2.24) is 0 Å². The van der Waals surface area contributed by atoms with Gasteiger partial charge in [-0.3, -0.25) is 9.69 Å². The summed E-state index contributed by atoms with van der Waals surface area (Å²) in [6, 6.07) is 7.47. The van der Waals surface area contributed by atoms with Gasteiger partial charge in [0.1, 0.15) is 0 Å². The predicted molar refractivity (Wildman–Crippen MR) is 53.8 cm³/mol. The van der Waals surface area contributed by atoms with Crippen LogP contribution in [0.15, 0.2) is 36.4 Å². The first kappa shape index (κ1) is 8.97. The summed E-state index contributed by atoms with van der Waals surface area (Å²) in [5, 5.41) is 9.50. The molecule has 14 heavy (non-hydrogen) atoms. The number of hydrogen-bond donors (Lipinski definition) is 1. The summed E-state index contributed by atoms with van der Waals surface area (Å²) in [5.74, 6) is -0.179. The van der Waals surface area contributed by atoms with Crippen molar-refractivity contribution in [3.8, 4) is 0 Å². The zero-order chi connectivity index (χ0) is 10.1. The fraction of sp³-hybridized carbons (Fsp3) is 0.182. The van der Waals surface area contributed by atoms with Crippen LogP contribution in [0.1, 0.15) is 5.56 Å². The monoisotopic (exact) mass is 189 g/mol. The van der Waals surface area contributed by atoms with Crippen molar-refractivity contribution in [3.05, 3.63) is 42.0 Å². The van der Waals surface area contributed by atoms with Crippen LogP contribution in [-0.4, -0.2) is 17.2 Å². The average molecular weight is 189 g/mol. The smallest absolute Gasteiger partial charge is 0.253 e. The van der Waals surface area contributed by atoms with Gasteiger partial charge in [-0.2, -0.15) is 0 Å². The average Bonchev–Trinajstić information content (AvgIpc) is 2.49. The van der Waals surface area contributed by atoms with Gasteiger partial charge in [0.15, 0.2) is 6.23 Å². The van der Waals surface area contributed by atoms with Gasteiger partial charge in [0.25, 0.3) is 5.91 Å². The first-order valence-electron chi connectivity index (χ1n) is 4.44. The van der Waals surface area contributed by atoms with Crippen LogP contribution in [0.4, 0.5) is 5.69 Å². The Balaban J connectivity index is 2.31. The maximum atomic E-state index is 11.3. The third-order valence-electron chi connectivity index (χ3n) is 2.23. The van der Waals surface area contributed by atoms with Crippen molar-refractivity contribution in [3.63, 3.8) is 0 Å². The van der Waals surface area contributed by atoms with Gasteiger partial charge >= 0.3 is 0 Å². The Hall–Kier alpha value is -1.61. The molecular weight excluding hydrogens is 178 g/mol. The third-order valence-corrected chi connectivity index (χ3v) is 2.23. The van der Waals surface area contributed by atoms with Crippen LogP contribution in [0.3, 0.4) is 0 Å². The van der Waals surface area contributed by atoms with Crippen LogP contribution < -0.4 is 4.90 Å². The van der Waals surface area contributed by atoms with E-state index in [9.17, 15) is 9.90 Å². The number of anilines is 1. The highest BCUT2D eigenvalue weighted by atomic mass is 16.3. The van der Waals surface area contributed by atoms with Gasteiger partial charge in [-0.15, -0.1) is 0 Å². The van der Waals surface area contributed by atoms with Crippen LogP contribution in [0.5, 0.6) is 0 Å². The first-order valence-corrected chi connectivity index (χ1v) is 4.44. The lowest BCUT2D eigenvalue weighted by molar-refractivity contribution is -0.114.